The second kappa shape index (κ2) is 5.87. The molecule has 1 fully saturated rings. The van der Waals surface area contributed by atoms with Crippen LogP contribution < -0.4 is 0 Å². The van der Waals surface area contributed by atoms with Gasteiger partial charge in [0.05, 0.1) is 10.9 Å². The highest BCUT2D eigenvalue weighted by Gasteiger charge is 2.20. The first-order valence-electron chi connectivity index (χ1n) is 6.13. The molecule has 0 aliphatic heterocycles. The second-order valence-electron chi connectivity index (χ2n) is 4.81. The minimum atomic E-state index is 0.265. The highest BCUT2D eigenvalue weighted by Crippen LogP contribution is 2.28. The van der Waals surface area contributed by atoms with Gasteiger partial charge in [-0.05, 0) is 30.9 Å². The van der Waals surface area contributed by atoms with Crippen LogP contribution in [0, 0.1) is 5.92 Å². The molecule has 0 aromatic carbocycles. The highest BCUT2D eigenvalue weighted by molar-refractivity contribution is 7.16. The van der Waals surface area contributed by atoms with E-state index in [0.717, 1.165) is 15.6 Å². The van der Waals surface area contributed by atoms with Gasteiger partial charge in [-0.3, -0.25) is 4.79 Å². The fraction of sp³-hybridized carbons (Fsp3) is 0.615. The average molecular weight is 272 g/mol. The molecule has 0 radical (unpaired) electrons. The third-order valence-corrected chi connectivity index (χ3v) is 4.60. The zero-order chi connectivity index (χ0) is 12.3. The van der Waals surface area contributed by atoms with Crippen LogP contribution in [-0.4, -0.2) is 17.9 Å². The van der Waals surface area contributed by atoms with Gasteiger partial charge in [0, 0.05) is 18.3 Å². The molecule has 0 spiro atoms. The van der Waals surface area contributed by atoms with Gasteiger partial charge in [0.1, 0.15) is 0 Å². The SMILES string of the molecule is CN(Cc1ccc(Cl)s1)C(=O)CC1CCCC1. The number of nitrogens with zero attached hydrogens (tertiary/aromatic N) is 1. The molecule has 1 aromatic rings. The lowest BCUT2D eigenvalue weighted by molar-refractivity contribution is -0.131. The Morgan fingerprint density at radius 3 is 2.76 bits per heavy atom. The van der Waals surface area contributed by atoms with Crippen LogP contribution in [0.3, 0.4) is 0 Å². The summed E-state index contributed by atoms with van der Waals surface area (Å²) in [5.74, 6) is 0.887. The maximum Gasteiger partial charge on any atom is 0.222 e. The Bertz CT molecular complexity index is 385. The summed E-state index contributed by atoms with van der Waals surface area (Å²) in [6.45, 7) is 0.683. The quantitative estimate of drug-likeness (QED) is 0.812. The summed E-state index contributed by atoms with van der Waals surface area (Å²) in [4.78, 5) is 15.0. The molecular weight excluding hydrogens is 254 g/mol. The lowest BCUT2D eigenvalue weighted by atomic mass is 10.0. The van der Waals surface area contributed by atoms with Crippen molar-refractivity contribution in [2.24, 2.45) is 5.92 Å². The van der Waals surface area contributed by atoms with Crippen LogP contribution in [0.1, 0.15) is 37.0 Å². The van der Waals surface area contributed by atoms with Gasteiger partial charge in [0.15, 0.2) is 0 Å². The van der Waals surface area contributed by atoms with Crippen molar-refractivity contribution in [2.75, 3.05) is 7.05 Å². The van der Waals surface area contributed by atoms with Crippen LogP contribution >= 0.6 is 22.9 Å². The molecule has 1 aliphatic rings. The molecule has 1 aliphatic carbocycles. The molecule has 17 heavy (non-hydrogen) atoms. The van der Waals surface area contributed by atoms with Gasteiger partial charge in [0.25, 0.3) is 0 Å². The number of carbonyl (C=O) groups is 1. The van der Waals surface area contributed by atoms with E-state index in [1.54, 1.807) is 11.3 Å². The van der Waals surface area contributed by atoms with Gasteiger partial charge >= 0.3 is 0 Å². The molecule has 94 valence electrons. The molecule has 0 atom stereocenters. The number of hydrogen-bond donors (Lipinski definition) is 0. The van der Waals surface area contributed by atoms with E-state index in [2.05, 4.69) is 0 Å². The Hall–Kier alpha value is -0.540. The first-order valence-corrected chi connectivity index (χ1v) is 7.33. The third-order valence-electron chi connectivity index (χ3n) is 3.39. The van der Waals surface area contributed by atoms with E-state index in [1.807, 2.05) is 24.1 Å². The zero-order valence-corrected chi connectivity index (χ0v) is 11.7. The molecule has 0 unspecified atom stereocenters. The van der Waals surface area contributed by atoms with Crippen molar-refractivity contribution < 1.29 is 4.79 Å². The van der Waals surface area contributed by atoms with E-state index in [-0.39, 0.29) is 5.91 Å². The fourth-order valence-corrected chi connectivity index (χ4v) is 3.52. The van der Waals surface area contributed by atoms with Gasteiger partial charge in [-0.15, -0.1) is 11.3 Å². The van der Waals surface area contributed by atoms with E-state index in [4.69, 9.17) is 11.6 Å². The molecule has 0 N–H and O–H groups in total. The fourth-order valence-electron chi connectivity index (χ4n) is 2.38. The van der Waals surface area contributed by atoms with Gasteiger partial charge < -0.3 is 4.90 Å². The van der Waals surface area contributed by atoms with Crippen LogP contribution in [0.15, 0.2) is 12.1 Å². The zero-order valence-electron chi connectivity index (χ0n) is 10.1. The number of carbonyl (C=O) groups excluding carboxylic acids is 1. The molecular formula is C13H18ClNOS. The summed E-state index contributed by atoms with van der Waals surface area (Å²) in [7, 11) is 1.88. The number of halogens is 1. The first-order chi connectivity index (χ1) is 8.15. The Morgan fingerprint density at radius 1 is 1.47 bits per heavy atom. The van der Waals surface area contributed by atoms with E-state index in [1.165, 1.54) is 25.7 Å². The largest absolute Gasteiger partial charge is 0.341 e. The normalized spacial score (nSPS) is 16.4. The van der Waals surface area contributed by atoms with Crippen molar-refractivity contribution in [3.63, 3.8) is 0 Å². The molecule has 1 amide bonds. The van der Waals surface area contributed by atoms with Gasteiger partial charge in [-0.25, -0.2) is 0 Å². The minimum Gasteiger partial charge on any atom is -0.341 e. The van der Waals surface area contributed by atoms with Crippen molar-refractivity contribution in [3.05, 3.63) is 21.3 Å². The molecule has 2 nitrogen and oxygen atoms in total. The smallest absolute Gasteiger partial charge is 0.222 e. The summed E-state index contributed by atoms with van der Waals surface area (Å²) in [6.07, 6.45) is 5.76. The predicted octanol–water partition coefficient (Wildman–Crippen LogP) is 3.94. The number of hydrogen-bond acceptors (Lipinski definition) is 2. The lowest BCUT2D eigenvalue weighted by Crippen LogP contribution is -2.27. The maximum absolute atomic E-state index is 12.0. The van der Waals surface area contributed by atoms with Gasteiger partial charge in [-0.2, -0.15) is 0 Å². The Morgan fingerprint density at radius 2 is 2.18 bits per heavy atom. The third kappa shape index (κ3) is 3.71. The Labute approximate surface area is 112 Å². The predicted molar refractivity (Wildman–Crippen MR) is 72.4 cm³/mol. The van der Waals surface area contributed by atoms with Crippen LogP contribution in [0.5, 0.6) is 0 Å². The van der Waals surface area contributed by atoms with E-state index < -0.39 is 0 Å². The minimum absolute atomic E-state index is 0.265. The van der Waals surface area contributed by atoms with Crippen molar-refractivity contribution in [1.29, 1.82) is 0 Å². The second-order valence-corrected chi connectivity index (χ2v) is 6.61. The summed E-state index contributed by atoms with van der Waals surface area (Å²) in [5.41, 5.74) is 0. The topological polar surface area (TPSA) is 20.3 Å². The number of thiophene rings is 1. The maximum atomic E-state index is 12.0. The van der Waals surface area contributed by atoms with Gasteiger partial charge in [0.2, 0.25) is 5.91 Å². The van der Waals surface area contributed by atoms with Crippen molar-refractivity contribution in [1.82, 2.24) is 4.90 Å². The number of amides is 1. The summed E-state index contributed by atoms with van der Waals surface area (Å²) in [6, 6.07) is 3.88. The molecule has 1 aromatic heterocycles. The first kappa shape index (κ1) is 12.9. The average Bonchev–Trinajstić information content (AvgIpc) is 2.90. The highest BCUT2D eigenvalue weighted by atomic mass is 35.5. The lowest BCUT2D eigenvalue weighted by Gasteiger charge is -2.18. The molecule has 0 saturated heterocycles. The Balaban J connectivity index is 1.82. The van der Waals surface area contributed by atoms with Gasteiger partial charge in [-0.1, -0.05) is 24.4 Å². The molecule has 1 heterocycles. The molecule has 4 heteroatoms. The van der Waals surface area contributed by atoms with E-state index >= 15 is 0 Å². The van der Waals surface area contributed by atoms with Crippen LogP contribution in [-0.2, 0) is 11.3 Å². The monoisotopic (exact) mass is 271 g/mol. The standard InChI is InChI=1S/C13H18ClNOS/c1-15(9-11-6-7-12(14)17-11)13(16)8-10-4-2-3-5-10/h6-7,10H,2-5,8-9H2,1H3. The van der Waals surface area contributed by atoms with Crippen LogP contribution in [0.25, 0.3) is 0 Å². The van der Waals surface area contributed by atoms with Crippen molar-refractivity contribution in [3.8, 4) is 0 Å². The molecule has 2 rings (SSSR count). The molecule has 1 saturated carbocycles. The number of rotatable bonds is 4. The molecule has 0 bridgehead atoms. The van der Waals surface area contributed by atoms with Crippen LogP contribution in [0.4, 0.5) is 0 Å². The summed E-state index contributed by atoms with van der Waals surface area (Å²) < 4.78 is 0.789. The summed E-state index contributed by atoms with van der Waals surface area (Å²) >= 11 is 7.42. The van der Waals surface area contributed by atoms with E-state index in [0.29, 0.717) is 12.5 Å². The van der Waals surface area contributed by atoms with Crippen molar-refractivity contribution >= 4 is 28.8 Å². The Kier molecular flexibility index (Phi) is 4.46. The van der Waals surface area contributed by atoms with Crippen molar-refractivity contribution in [2.45, 2.75) is 38.6 Å². The van der Waals surface area contributed by atoms with Crippen LogP contribution in [0.2, 0.25) is 4.34 Å². The van der Waals surface area contributed by atoms with E-state index in [9.17, 15) is 4.79 Å². The summed E-state index contributed by atoms with van der Waals surface area (Å²) in [5, 5.41) is 0.